The Bertz CT molecular complexity index is 473. The number of methoxy groups -OCH3 is 1. The molecule has 2 aromatic rings. The summed E-state index contributed by atoms with van der Waals surface area (Å²) in [6, 6.07) is 16.9. The van der Waals surface area contributed by atoms with Crippen molar-refractivity contribution in [1.82, 2.24) is 0 Å². The van der Waals surface area contributed by atoms with Crippen LogP contribution in [0, 0.1) is 6.92 Å². The van der Waals surface area contributed by atoms with Crippen LogP contribution in [-0.2, 0) is 17.9 Å². The third-order valence-corrected chi connectivity index (χ3v) is 2.88. The highest BCUT2D eigenvalue weighted by Gasteiger charge is 1.95. The van der Waals surface area contributed by atoms with Crippen LogP contribution >= 0.6 is 0 Å². The predicted molar refractivity (Wildman–Crippen MR) is 75.7 cm³/mol. The molecule has 94 valence electrons. The van der Waals surface area contributed by atoms with Gasteiger partial charge in [0.1, 0.15) is 0 Å². The number of ether oxygens (including phenoxy) is 1. The van der Waals surface area contributed by atoms with Crippen LogP contribution in [-0.4, -0.2) is 7.11 Å². The first kappa shape index (κ1) is 12.7. The van der Waals surface area contributed by atoms with Gasteiger partial charge in [0.15, 0.2) is 0 Å². The zero-order valence-electron chi connectivity index (χ0n) is 10.9. The van der Waals surface area contributed by atoms with Gasteiger partial charge in [-0.15, -0.1) is 0 Å². The Morgan fingerprint density at radius 3 is 2.11 bits per heavy atom. The summed E-state index contributed by atoms with van der Waals surface area (Å²) >= 11 is 0. The van der Waals surface area contributed by atoms with Crippen LogP contribution in [0.2, 0.25) is 0 Å². The van der Waals surface area contributed by atoms with Crippen LogP contribution in [0.4, 0.5) is 5.69 Å². The monoisotopic (exact) mass is 241 g/mol. The first-order valence-electron chi connectivity index (χ1n) is 6.15. The molecule has 2 nitrogen and oxygen atoms in total. The predicted octanol–water partition coefficient (Wildman–Crippen LogP) is 3.75. The Morgan fingerprint density at radius 1 is 0.889 bits per heavy atom. The van der Waals surface area contributed by atoms with Gasteiger partial charge in [0, 0.05) is 19.3 Å². The molecule has 0 radical (unpaired) electrons. The van der Waals surface area contributed by atoms with E-state index < -0.39 is 0 Å². The second-order valence-corrected chi connectivity index (χ2v) is 4.47. The molecule has 0 heterocycles. The quantitative estimate of drug-likeness (QED) is 0.860. The average Bonchev–Trinajstić information content (AvgIpc) is 2.40. The highest BCUT2D eigenvalue weighted by atomic mass is 16.5. The van der Waals surface area contributed by atoms with Gasteiger partial charge in [-0.2, -0.15) is 0 Å². The zero-order chi connectivity index (χ0) is 12.8. The van der Waals surface area contributed by atoms with Gasteiger partial charge in [-0.3, -0.25) is 0 Å². The van der Waals surface area contributed by atoms with Crippen LogP contribution in [0.3, 0.4) is 0 Å². The molecule has 1 N–H and O–H groups in total. The van der Waals surface area contributed by atoms with Gasteiger partial charge in [-0.25, -0.2) is 0 Å². The van der Waals surface area contributed by atoms with Crippen molar-refractivity contribution in [3.63, 3.8) is 0 Å². The maximum Gasteiger partial charge on any atom is 0.0713 e. The molecule has 0 aliphatic heterocycles. The van der Waals surface area contributed by atoms with E-state index in [0.29, 0.717) is 6.61 Å². The van der Waals surface area contributed by atoms with Gasteiger partial charge in [0.05, 0.1) is 6.61 Å². The third kappa shape index (κ3) is 3.60. The fraction of sp³-hybridized carbons (Fsp3) is 0.250. The van der Waals surface area contributed by atoms with Gasteiger partial charge < -0.3 is 10.1 Å². The van der Waals surface area contributed by atoms with Crippen molar-refractivity contribution in [3.05, 3.63) is 65.2 Å². The standard InChI is InChI=1S/C16H19NO/c1-13-3-5-14(6-4-13)11-17-16-9-7-15(8-10-16)12-18-2/h3-10,17H,11-12H2,1-2H3. The van der Waals surface area contributed by atoms with Crippen LogP contribution in [0.25, 0.3) is 0 Å². The minimum absolute atomic E-state index is 0.665. The molecule has 0 amide bonds. The summed E-state index contributed by atoms with van der Waals surface area (Å²) in [7, 11) is 1.71. The van der Waals surface area contributed by atoms with E-state index in [1.165, 1.54) is 16.7 Å². The van der Waals surface area contributed by atoms with Crippen LogP contribution in [0.5, 0.6) is 0 Å². The molecule has 0 saturated heterocycles. The second-order valence-electron chi connectivity index (χ2n) is 4.47. The van der Waals surface area contributed by atoms with E-state index in [2.05, 4.69) is 60.8 Å². The number of rotatable bonds is 5. The van der Waals surface area contributed by atoms with Crippen molar-refractivity contribution in [2.75, 3.05) is 12.4 Å². The van der Waals surface area contributed by atoms with E-state index >= 15 is 0 Å². The number of nitrogens with one attached hydrogen (secondary N) is 1. The van der Waals surface area contributed by atoms with Crippen LogP contribution < -0.4 is 5.32 Å². The van der Waals surface area contributed by atoms with E-state index in [4.69, 9.17) is 4.74 Å². The lowest BCUT2D eigenvalue weighted by atomic mass is 10.1. The van der Waals surface area contributed by atoms with E-state index in [-0.39, 0.29) is 0 Å². The molecule has 0 aromatic heterocycles. The number of hydrogen-bond donors (Lipinski definition) is 1. The van der Waals surface area contributed by atoms with Crippen molar-refractivity contribution in [2.45, 2.75) is 20.1 Å². The SMILES string of the molecule is COCc1ccc(NCc2ccc(C)cc2)cc1. The first-order valence-corrected chi connectivity index (χ1v) is 6.15. The normalized spacial score (nSPS) is 10.3. The van der Waals surface area contributed by atoms with Crippen molar-refractivity contribution >= 4 is 5.69 Å². The molecule has 0 aliphatic rings. The van der Waals surface area contributed by atoms with Gasteiger partial charge in [0.2, 0.25) is 0 Å². The summed E-state index contributed by atoms with van der Waals surface area (Å²) in [6.07, 6.45) is 0. The number of benzene rings is 2. The molecular weight excluding hydrogens is 222 g/mol. The Labute approximate surface area is 109 Å². The first-order chi connectivity index (χ1) is 8.78. The van der Waals surface area contributed by atoms with E-state index in [1.807, 2.05) is 0 Å². The molecule has 0 saturated carbocycles. The number of aryl methyl sites for hydroxylation is 1. The molecule has 0 aliphatic carbocycles. The summed E-state index contributed by atoms with van der Waals surface area (Å²) in [5.74, 6) is 0. The molecule has 0 unspecified atom stereocenters. The van der Waals surface area contributed by atoms with Crippen molar-refractivity contribution in [1.29, 1.82) is 0 Å². The number of anilines is 1. The van der Waals surface area contributed by atoms with E-state index in [0.717, 1.165) is 12.2 Å². The molecule has 18 heavy (non-hydrogen) atoms. The van der Waals surface area contributed by atoms with Crippen LogP contribution in [0.15, 0.2) is 48.5 Å². The lowest BCUT2D eigenvalue weighted by molar-refractivity contribution is 0.185. The Morgan fingerprint density at radius 2 is 1.50 bits per heavy atom. The third-order valence-electron chi connectivity index (χ3n) is 2.88. The molecular formula is C16H19NO. The molecule has 0 bridgehead atoms. The Hall–Kier alpha value is -1.80. The molecule has 0 fully saturated rings. The van der Waals surface area contributed by atoms with E-state index in [1.54, 1.807) is 7.11 Å². The van der Waals surface area contributed by atoms with Crippen molar-refractivity contribution in [3.8, 4) is 0 Å². The van der Waals surface area contributed by atoms with Crippen molar-refractivity contribution < 1.29 is 4.74 Å². The zero-order valence-corrected chi connectivity index (χ0v) is 10.9. The fourth-order valence-corrected chi connectivity index (χ4v) is 1.80. The topological polar surface area (TPSA) is 21.3 Å². The van der Waals surface area contributed by atoms with Crippen molar-refractivity contribution in [2.24, 2.45) is 0 Å². The minimum Gasteiger partial charge on any atom is -0.381 e. The highest BCUT2D eigenvalue weighted by Crippen LogP contribution is 2.12. The highest BCUT2D eigenvalue weighted by molar-refractivity contribution is 5.45. The molecule has 2 rings (SSSR count). The summed E-state index contributed by atoms with van der Waals surface area (Å²) < 4.78 is 5.09. The van der Waals surface area contributed by atoms with Gasteiger partial charge in [0.25, 0.3) is 0 Å². The number of hydrogen-bond acceptors (Lipinski definition) is 2. The minimum atomic E-state index is 0.665. The molecule has 0 atom stereocenters. The lowest BCUT2D eigenvalue weighted by Crippen LogP contribution is -1.99. The van der Waals surface area contributed by atoms with Gasteiger partial charge in [-0.05, 0) is 30.2 Å². The second kappa shape index (κ2) is 6.22. The van der Waals surface area contributed by atoms with Crippen LogP contribution in [0.1, 0.15) is 16.7 Å². The maximum atomic E-state index is 5.09. The summed E-state index contributed by atoms with van der Waals surface area (Å²) in [5.41, 5.74) is 4.91. The maximum absolute atomic E-state index is 5.09. The van der Waals surface area contributed by atoms with E-state index in [9.17, 15) is 0 Å². The Balaban J connectivity index is 1.91. The summed E-state index contributed by atoms with van der Waals surface area (Å²) in [4.78, 5) is 0. The molecule has 0 spiro atoms. The van der Waals surface area contributed by atoms with Gasteiger partial charge in [-0.1, -0.05) is 42.0 Å². The summed E-state index contributed by atoms with van der Waals surface area (Å²) in [5, 5.41) is 3.41. The van der Waals surface area contributed by atoms with Gasteiger partial charge >= 0.3 is 0 Å². The fourth-order valence-electron chi connectivity index (χ4n) is 1.80. The molecule has 2 aromatic carbocycles. The summed E-state index contributed by atoms with van der Waals surface area (Å²) in [6.45, 7) is 3.62. The smallest absolute Gasteiger partial charge is 0.0713 e. The average molecular weight is 241 g/mol. The Kier molecular flexibility index (Phi) is 4.37. The molecule has 2 heteroatoms. The lowest BCUT2D eigenvalue weighted by Gasteiger charge is -2.08. The largest absolute Gasteiger partial charge is 0.381 e.